The van der Waals surface area contributed by atoms with E-state index in [-0.39, 0.29) is 0 Å². The zero-order chi connectivity index (χ0) is 17.8. The number of ether oxygens (including phenoxy) is 1. The average Bonchev–Trinajstić information content (AvgIpc) is 3.01. The third-order valence-corrected chi connectivity index (χ3v) is 5.21. The van der Waals surface area contributed by atoms with Crippen LogP contribution < -0.4 is 5.32 Å². The Bertz CT molecular complexity index is 690. The fourth-order valence-corrected chi connectivity index (χ4v) is 3.83. The molecule has 0 saturated heterocycles. The molecule has 5 heteroatoms. The Balaban J connectivity index is 1.58. The lowest BCUT2D eigenvalue weighted by atomic mass is 9.86. The number of hydrogen-bond acceptors (Lipinski definition) is 4. The van der Waals surface area contributed by atoms with E-state index in [2.05, 4.69) is 30.2 Å². The molecule has 5 nitrogen and oxygen atoms in total. The molecule has 138 valence electrons. The van der Waals surface area contributed by atoms with Gasteiger partial charge in [0.05, 0.1) is 0 Å². The molecule has 0 spiro atoms. The molecule has 0 radical (unpaired) electrons. The number of rotatable bonds is 7. The van der Waals surface area contributed by atoms with Gasteiger partial charge in [0.2, 0.25) is 0 Å². The molecule has 0 amide bonds. The van der Waals surface area contributed by atoms with Crippen LogP contribution in [0.2, 0.25) is 0 Å². The number of hydrogen-bond donors (Lipinski definition) is 2. The van der Waals surface area contributed by atoms with Gasteiger partial charge in [0, 0.05) is 42.4 Å². The van der Waals surface area contributed by atoms with Crippen molar-refractivity contribution in [2.75, 3.05) is 13.2 Å². The maximum atomic E-state index is 10.7. The second-order valence-electron chi connectivity index (χ2n) is 7.37. The first-order valence-electron chi connectivity index (χ1n) is 9.55. The van der Waals surface area contributed by atoms with Gasteiger partial charge in [-0.05, 0) is 64.0 Å². The predicted octanol–water partition coefficient (Wildman–Crippen LogP) is 3.52. The summed E-state index contributed by atoms with van der Waals surface area (Å²) in [6.45, 7) is 7.95. The molecule has 2 N–H and O–H groups in total. The largest absolute Gasteiger partial charge is 0.381 e. The summed E-state index contributed by atoms with van der Waals surface area (Å²) in [6, 6.07) is 4.38. The predicted molar refractivity (Wildman–Crippen MR) is 99.6 cm³/mol. The fraction of sp³-hybridized carbons (Fsp3) is 0.650. The van der Waals surface area contributed by atoms with Gasteiger partial charge in [0.1, 0.15) is 11.9 Å². The third-order valence-electron chi connectivity index (χ3n) is 5.21. The molecule has 0 aliphatic heterocycles. The molecule has 2 heterocycles. The van der Waals surface area contributed by atoms with Gasteiger partial charge >= 0.3 is 0 Å². The van der Waals surface area contributed by atoms with Crippen LogP contribution in [0.15, 0.2) is 18.3 Å². The molecule has 3 rings (SSSR count). The van der Waals surface area contributed by atoms with Crippen molar-refractivity contribution in [2.45, 2.75) is 65.1 Å². The lowest BCUT2D eigenvalue weighted by molar-refractivity contribution is 0.0691. The first kappa shape index (κ1) is 18.4. The van der Waals surface area contributed by atoms with Gasteiger partial charge < -0.3 is 14.2 Å². The SMILES string of the molecule is CCCOCC1CCC(NC(O)c2ccn3c(C)cc(C)nc23)CC1. The molecule has 2 aromatic rings. The van der Waals surface area contributed by atoms with Crippen molar-refractivity contribution in [1.82, 2.24) is 14.7 Å². The summed E-state index contributed by atoms with van der Waals surface area (Å²) in [5.74, 6) is 0.670. The van der Waals surface area contributed by atoms with Gasteiger partial charge in [0.25, 0.3) is 0 Å². The molecular formula is C20H31N3O2. The highest BCUT2D eigenvalue weighted by atomic mass is 16.5. The highest BCUT2D eigenvalue weighted by Gasteiger charge is 2.24. The van der Waals surface area contributed by atoms with Crippen molar-refractivity contribution >= 4 is 5.65 Å². The molecular weight excluding hydrogens is 314 g/mol. The zero-order valence-electron chi connectivity index (χ0n) is 15.7. The number of aromatic nitrogens is 2. The van der Waals surface area contributed by atoms with E-state index in [0.717, 1.165) is 55.1 Å². The first-order chi connectivity index (χ1) is 12.1. The Hall–Kier alpha value is -1.43. The molecule has 1 aliphatic rings. The standard InChI is InChI=1S/C20H31N3O2/c1-4-11-25-13-16-5-7-17(8-6-16)22-20(24)18-9-10-23-15(3)12-14(2)21-19(18)23/h9-10,12,16-17,20,22,24H,4-8,11,13H2,1-3H3. The summed E-state index contributed by atoms with van der Waals surface area (Å²) in [4.78, 5) is 4.61. The van der Waals surface area contributed by atoms with Crippen molar-refractivity contribution in [3.05, 3.63) is 35.3 Å². The Labute approximate surface area is 150 Å². The second-order valence-corrected chi connectivity index (χ2v) is 7.37. The number of nitrogens with zero attached hydrogens (tertiary/aromatic N) is 2. The second kappa shape index (κ2) is 8.30. The number of aryl methyl sites for hydroxylation is 2. The minimum atomic E-state index is -0.670. The van der Waals surface area contributed by atoms with Crippen LogP contribution in [0.3, 0.4) is 0 Å². The van der Waals surface area contributed by atoms with E-state index < -0.39 is 6.23 Å². The van der Waals surface area contributed by atoms with Gasteiger partial charge in [-0.2, -0.15) is 0 Å². The monoisotopic (exact) mass is 345 g/mol. The summed E-state index contributed by atoms with van der Waals surface area (Å²) >= 11 is 0. The Morgan fingerprint density at radius 1 is 1.32 bits per heavy atom. The topological polar surface area (TPSA) is 58.8 Å². The van der Waals surface area contributed by atoms with Gasteiger partial charge in [0.15, 0.2) is 0 Å². The van der Waals surface area contributed by atoms with Crippen molar-refractivity contribution < 1.29 is 9.84 Å². The van der Waals surface area contributed by atoms with Gasteiger partial charge in [-0.1, -0.05) is 6.92 Å². The Morgan fingerprint density at radius 3 is 2.80 bits per heavy atom. The van der Waals surface area contributed by atoms with Crippen LogP contribution in [0.1, 0.15) is 62.2 Å². The van der Waals surface area contributed by atoms with E-state index in [9.17, 15) is 5.11 Å². The number of aliphatic hydroxyl groups is 1. The van der Waals surface area contributed by atoms with Crippen LogP contribution in [0, 0.1) is 19.8 Å². The van der Waals surface area contributed by atoms with Gasteiger partial charge in [-0.3, -0.25) is 5.32 Å². The zero-order valence-corrected chi connectivity index (χ0v) is 15.7. The smallest absolute Gasteiger partial charge is 0.144 e. The summed E-state index contributed by atoms with van der Waals surface area (Å²) < 4.78 is 7.72. The van der Waals surface area contributed by atoms with Crippen LogP contribution in [0.25, 0.3) is 5.65 Å². The maximum Gasteiger partial charge on any atom is 0.144 e. The van der Waals surface area contributed by atoms with E-state index in [1.54, 1.807) is 0 Å². The molecule has 1 fully saturated rings. The third kappa shape index (κ3) is 4.40. The molecule has 1 unspecified atom stereocenters. The van der Waals surface area contributed by atoms with E-state index in [1.165, 1.54) is 12.8 Å². The molecule has 0 aromatic carbocycles. The molecule has 1 aliphatic carbocycles. The quantitative estimate of drug-likeness (QED) is 0.595. The van der Waals surface area contributed by atoms with Crippen molar-refractivity contribution in [3.63, 3.8) is 0 Å². The molecule has 0 bridgehead atoms. The summed E-state index contributed by atoms with van der Waals surface area (Å²) in [5, 5.41) is 14.1. The van der Waals surface area contributed by atoms with Crippen LogP contribution in [0.5, 0.6) is 0 Å². The van der Waals surface area contributed by atoms with Crippen LogP contribution in [-0.2, 0) is 4.74 Å². The van der Waals surface area contributed by atoms with Crippen LogP contribution >= 0.6 is 0 Å². The fourth-order valence-electron chi connectivity index (χ4n) is 3.83. The minimum absolute atomic E-state index is 0.360. The van der Waals surface area contributed by atoms with E-state index >= 15 is 0 Å². The lowest BCUT2D eigenvalue weighted by Gasteiger charge is -2.30. The van der Waals surface area contributed by atoms with E-state index in [4.69, 9.17) is 4.74 Å². The average molecular weight is 345 g/mol. The number of fused-ring (bicyclic) bond motifs is 1. The molecule has 2 aromatic heterocycles. The molecule has 1 atom stereocenters. The first-order valence-corrected chi connectivity index (χ1v) is 9.55. The lowest BCUT2D eigenvalue weighted by Crippen LogP contribution is -2.36. The van der Waals surface area contributed by atoms with Crippen molar-refractivity contribution in [3.8, 4) is 0 Å². The Kier molecular flexibility index (Phi) is 6.10. The maximum absolute atomic E-state index is 10.7. The van der Waals surface area contributed by atoms with E-state index in [1.807, 2.05) is 23.6 Å². The summed E-state index contributed by atoms with van der Waals surface area (Å²) in [6.07, 6.45) is 6.92. The number of nitrogens with one attached hydrogen (secondary N) is 1. The number of aliphatic hydroxyl groups excluding tert-OH is 1. The van der Waals surface area contributed by atoms with Crippen LogP contribution in [-0.4, -0.2) is 33.7 Å². The normalized spacial score (nSPS) is 22.4. The highest BCUT2D eigenvalue weighted by molar-refractivity contribution is 5.51. The summed E-state index contributed by atoms with van der Waals surface area (Å²) in [7, 11) is 0. The highest BCUT2D eigenvalue weighted by Crippen LogP contribution is 2.27. The summed E-state index contributed by atoms with van der Waals surface area (Å²) in [5.41, 5.74) is 3.82. The van der Waals surface area contributed by atoms with Gasteiger partial charge in [-0.25, -0.2) is 4.98 Å². The van der Waals surface area contributed by atoms with Crippen LogP contribution in [0.4, 0.5) is 0 Å². The molecule has 1 saturated carbocycles. The van der Waals surface area contributed by atoms with Crippen molar-refractivity contribution in [2.24, 2.45) is 5.92 Å². The molecule has 25 heavy (non-hydrogen) atoms. The van der Waals surface area contributed by atoms with Gasteiger partial charge in [-0.15, -0.1) is 0 Å². The van der Waals surface area contributed by atoms with Crippen molar-refractivity contribution in [1.29, 1.82) is 0 Å². The minimum Gasteiger partial charge on any atom is -0.381 e. The van der Waals surface area contributed by atoms with E-state index in [0.29, 0.717) is 12.0 Å². The Morgan fingerprint density at radius 2 is 2.08 bits per heavy atom.